The van der Waals surface area contributed by atoms with E-state index in [-0.39, 0.29) is 18.2 Å². The molecule has 0 aromatic carbocycles. The molecule has 0 radical (unpaired) electrons. The molecule has 1 aliphatic rings. The van der Waals surface area contributed by atoms with Crippen LogP contribution in [0.5, 0.6) is 17.8 Å². The van der Waals surface area contributed by atoms with Gasteiger partial charge in [-0.05, 0) is 19.3 Å². The van der Waals surface area contributed by atoms with Crippen LogP contribution in [-0.2, 0) is 0 Å². The largest absolute Gasteiger partial charge is 0.481 e. The van der Waals surface area contributed by atoms with Crippen molar-refractivity contribution < 1.29 is 14.2 Å². The first-order chi connectivity index (χ1) is 9.22. The van der Waals surface area contributed by atoms with Crippen LogP contribution in [0.2, 0.25) is 0 Å². The van der Waals surface area contributed by atoms with Crippen LogP contribution < -0.4 is 19.9 Å². The minimum Gasteiger partial charge on any atom is -0.481 e. The van der Waals surface area contributed by atoms with Crippen molar-refractivity contribution >= 4 is 0 Å². The van der Waals surface area contributed by atoms with E-state index in [9.17, 15) is 0 Å². The van der Waals surface area contributed by atoms with Crippen LogP contribution in [0.4, 0.5) is 0 Å². The summed E-state index contributed by atoms with van der Waals surface area (Å²) in [4.78, 5) is 8.34. The zero-order chi connectivity index (χ0) is 13.7. The van der Waals surface area contributed by atoms with Gasteiger partial charge in [-0.15, -0.1) is 0 Å². The summed E-state index contributed by atoms with van der Waals surface area (Å²) in [6.07, 6.45) is 5.35. The van der Waals surface area contributed by atoms with Gasteiger partial charge < -0.3 is 19.9 Å². The van der Waals surface area contributed by atoms with Crippen molar-refractivity contribution in [3.05, 3.63) is 6.07 Å². The first-order valence-electron chi connectivity index (χ1n) is 6.62. The molecule has 0 amide bonds. The van der Waals surface area contributed by atoms with Crippen LogP contribution in [0.3, 0.4) is 0 Å². The predicted octanol–water partition coefficient (Wildman–Crippen LogP) is 1.53. The zero-order valence-corrected chi connectivity index (χ0v) is 11.5. The lowest BCUT2D eigenvalue weighted by atomic mass is 10.1. The van der Waals surface area contributed by atoms with E-state index in [1.54, 1.807) is 20.3 Å². The molecule has 0 bridgehead atoms. The van der Waals surface area contributed by atoms with Crippen molar-refractivity contribution in [2.45, 2.75) is 44.2 Å². The maximum Gasteiger partial charge on any atom is 0.323 e. The molecule has 2 atom stereocenters. The van der Waals surface area contributed by atoms with Gasteiger partial charge >= 0.3 is 6.01 Å². The highest BCUT2D eigenvalue weighted by Gasteiger charge is 2.23. The van der Waals surface area contributed by atoms with Gasteiger partial charge in [-0.3, -0.25) is 0 Å². The highest BCUT2D eigenvalue weighted by Crippen LogP contribution is 2.23. The molecule has 1 saturated carbocycles. The van der Waals surface area contributed by atoms with E-state index >= 15 is 0 Å². The summed E-state index contributed by atoms with van der Waals surface area (Å²) >= 11 is 0. The number of hydrogen-bond acceptors (Lipinski definition) is 6. The van der Waals surface area contributed by atoms with E-state index in [4.69, 9.17) is 19.9 Å². The molecule has 2 N–H and O–H groups in total. The second kappa shape index (κ2) is 6.56. The molecule has 2 unspecified atom stereocenters. The molecule has 1 aromatic heterocycles. The molecule has 6 nitrogen and oxygen atoms in total. The standard InChI is InChI=1S/C13H21N3O3/c1-17-11-8-12(18-2)16-13(15-11)19-10-7-5-3-4-6-9(10)14/h8-10H,3-7,14H2,1-2H3. The third kappa shape index (κ3) is 3.70. The molecule has 1 aromatic rings. The molecular weight excluding hydrogens is 246 g/mol. The lowest BCUT2D eigenvalue weighted by molar-refractivity contribution is 0.145. The molecule has 0 saturated heterocycles. The highest BCUT2D eigenvalue weighted by atomic mass is 16.5. The number of methoxy groups -OCH3 is 2. The summed E-state index contributed by atoms with van der Waals surface area (Å²) in [5, 5.41) is 0. The van der Waals surface area contributed by atoms with E-state index < -0.39 is 0 Å². The SMILES string of the molecule is COc1cc(OC)nc(OC2CCCCCC2N)n1. The smallest absolute Gasteiger partial charge is 0.323 e. The van der Waals surface area contributed by atoms with Gasteiger partial charge in [0.1, 0.15) is 6.10 Å². The molecule has 1 fully saturated rings. The highest BCUT2D eigenvalue weighted by molar-refractivity contribution is 5.22. The first kappa shape index (κ1) is 13.9. The van der Waals surface area contributed by atoms with Gasteiger partial charge in [0.05, 0.1) is 20.3 Å². The van der Waals surface area contributed by atoms with Crippen LogP contribution in [0.15, 0.2) is 6.07 Å². The quantitative estimate of drug-likeness (QED) is 0.833. The van der Waals surface area contributed by atoms with Crippen molar-refractivity contribution in [3.63, 3.8) is 0 Å². The second-order valence-corrected chi connectivity index (χ2v) is 4.69. The summed E-state index contributed by atoms with van der Waals surface area (Å²) in [6.45, 7) is 0. The average Bonchev–Trinajstić information content (AvgIpc) is 2.63. The molecule has 1 aliphatic carbocycles. The fourth-order valence-electron chi connectivity index (χ4n) is 2.23. The Bertz CT molecular complexity index is 392. The zero-order valence-electron chi connectivity index (χ0n) is 11.5. The molecule has 0 aliphatic heterocycles. The van der Waals surface area contributed by atoms with Crippen LogP contribution in [0.25, 0.3) is 0 Å². The van der Waals surface area contributed by atoms with Crippen LogP contribution in [0, 0.1) is 0 Å². The minimum atomic E-state index is -0.0423. The number of ether oxygens (including phenoxy) is 3. The van der Waals surface area contributed by atoms with Crippen LogP contribution in [-0.4, -0.2) is 36.3 Å². The summed E-state index contributed by atoms with van der Waals surface area (Å²) in [5.74, 6) is 0.841. The lowest BCUT2D eigenvalue weighted by Crippen LogP contribution is -2.38. The van der Waals surface area contributed by atoms with Crippen molar-refractivity contribution in [2.75, 3.05) is 14.2 Å². The van der Waals surface area contributed by atoms with Gasteiger partial charge in [0.15, 0.2) is 0 Å². The summed E-state index contributed by atoms with van der Waals surface area (Å²) in [7, 11) is 3.09. The predicted molar refractivity (Wildman–Crippen MR) is 70.6 cm³/mol. The van der Waals surface area contributed by atoms with E-state index in [1.165, 1.54) is 6.42 Å². The number of nitrogens with two attached hydrogens (primary N) is 1. The van der Waals surface area contributed by atoms with Crippen molar-refractivity contribution in [1.82, 2.24) is 9.97 Å². The topological polar surface area (TPSA) is 79.5 Å². The molecule has 2 rings (SSSR count). The maximum atomic E-state index is 6.12. The van der Waals surface area contributed by atoms with Crippen molar-refractivity contribution in [1.29, 1.82) is 0 Å². The number of nitrogens with zero attached hydrogens (tertiary/aromatic N) is 2. The van der Waals surface area contributed by atoms with Gasteiger partial charge in [-0.1, -0.05) is 12.8 Å². The Balaban J connectivity index is 2.12. The van der Waals surface area contributed by atoms with Gasteiger partial charge in [0, 0.05) is 6.04 Å². The Kier molecular flexibility index (Phi) is 4.79. The Labute approximate surface area is 113 Å². The Morgan fingerprint density at radius 3 is 2.32 bits per heavy atom. The molecular formula is C13H21N3O3. The molecule has 1 heterocycles. The Hall–Kier alpha value is -1.56. The minimum absolute atomic E-state index is 0.0308. The fraction of sp³-hybridized carbons (Fsp3) is 0.692. The van der Waals surface area contributed by atoms with E-state index in [0.717, 1.165) is 25.7 Å². The molecule has 0 spiro atoms. The third-order valence-electron chi connectivity index (χ3n) is 3.34. The second-order valence-electron chi connectivity index (χ2n) is 4.69. The van der Waals surface area contributed by atoms with E-state index in [0.29, 0.717) is 11.8 Å². The van der Waals surface area contributed by atoms with Gasteiger partial charge in [0.2, 0.25) is 11.8 Å². The molecule has 6 heteroatoms. The average molecular weight is 267 g/mol. The number of rotatable bonds is 4. The third-order valence-corrected chi connectivity index (χ3v) is 3.34. The first-order valence-corrected chi connectivity index (χ1v) is 6.62. The van der Waals surface area contributed by atoms with Crippen molar-refractivity contribution in [2.24, 2.45) is 5.73 Å². The monoisotopic (exact) mass is 267 g/mol. The van der Waals surface area contributed by atoms with E-state index in [2.05, 4.69) is 9.97 Å². The normalized spacial score (nSPS) is 23.5. The lowest BCUT2D eigenvalue weighted by Gasteiger charge is -2.21. The number of hydrogen-bond donors (Lipinski definition) is 1. The molecule has 19 heavy (non-hydrogen) atoms. The fourth-order valence-corrected chi connectivity index (χ4v) is 2.23. The summed E-state index contributed by atoms with van der Waals surface area (Å²) in [5.41, 5.74) is 6.12. The summed E-state index contributed by atoms with van der Waals surface area (Å²) in [6, 6.07) is 1.90. The van der Waals surface area contributed by atoms with Crippen LogP contribution >= 0.6 is 0 Å². The van der Waals surface area contributed by atoms with Crippen molar-refractivity contribution in [3.8, 4) is 17.8 Å². The van der Waals surface area contributed by atoms with Gasteiger partial charge in [-0.25, -0.2) is 0 Å². The van der Waals surface area contributed by atoms with E-state index in [1.807, 2.05) is 0 Å². The maximum absolute atomic E-state index is 6.12. The Morgan fingerprint density at radius 2 is 1.68 bits per heavy atom. The molecule has 106 valence electrons. The number of aromatic nitrogens is 2. The van der Waals surface area contributed by atoms with Crippen LogP contribution in [0.1, 0.15) is 32.1 Å². The summed E-state index contributed by atoms with van der Waals surface area (Å²) < 4.78 is 16.0. The van der Waals surface area contributed by atoms with Gasteiger partial charge in [0.25, 0.3) is 0 Å². The van der Waals surface area contributed by atoms with Gasteiger partial charge in [-0.2, -0.15) is 9.97 Å². The Morgan fingerprint density at radius 1 is 1.05 bits per heavy atom.